The summed E-state index contributed by atoms with van der Waals surface area (Å²) < 4.78 is 0. The lowest BCUT2D eigenvalue weighted by Crippen LogP contribution is -2.42. The summed E-state index contributed by atoms with van der Waals surface area (Å²) in [6.45, 7) is 4.87. The first-order valence-corrected chi connectivity index (χ1v) is 11.6. The number of hydrogen-bond acceptors (Lipinski definition) is 6. The van der Waals surface area contributed by atoms with E-state index in [-0.39, 0.29) is 11.7 Å². The van der Waals surface area contributed by atoms with Gasteiger partial charge in [-0.05, 0) is 78.7 Å². The molecule has 0 aliphatic heterocycles. The molecule has 2 fully saturated rings. The van der Waals surface area contributed by atoms with E-state index in [1.54, 1.807) is 25.4 Å². The van der Waals surface area contributed by atoms with Gasteiger partial charge in [0.1, 0.15) is 11.4 Å². The number of aromatic nitrogens is 3. The van der Waals surface area contributed by atoms with Gasteiger partial charge in [0.15, 0.2) is 5.82 Å². The van der Waals surface area contributed by atoms with Crippen LogP contribution in [-0.2, 0) is 0 Å². The van der Waals surface area contributed by atoms with Gasteiger partial charge in [-0.3, -0.25) is 9.78 Å². The van der Waals surface area contributed by atoms with Crippen LogP contribution in [0.25, 0.3) is 22.0 Å². The fourth-order valence-corrected chi connectivity index (χ4v) is 6.13. The molecule has 2 bridgehead atoms. The monoisotopic (exact) mass is 445 g/mol. The highest BCUT2D eigenvalue weighted by Crippen LogP contribution is 2.58. The lowest BCUT2D eigenvalue weighted by Gasteiger charge is -2.44. The van der Waals surface area contributed by atoms with E-state index in [4.69, 9.17) is 0 Å². The number of rotatable bonds is 4. The van der Waals surface area contributed by atoms with Crippen LogP contribution >= 0.6 is 0 Å². The lowest BCUT2D eigenvalue weighted by atomic mass is 9.68. The van der Waals surface area contributed by atoms with Gasteiger partial charge >= 0.3 is 0 Å². The Hall–Kier alpha value is -3.22. The van der Waals surface area contributed by atoms with Crippen molar-refractivity contribution in [1.29, 1.82) is 0 Å². The molecule has 5 rings (SSSR count). The van der Waals surface area contributed by atoms with Crippen molar-refractivity contribution in [2.45, 2.75) is 52.0 Å². The standard InChI is InChI=1S/C26H31N5O2/c1-25-7-8-26(2,15-25)13-18(12-25)31(4)23-6-5-20(29-30-23)19-9-17-14-28-21(24(33)27-3)10-16(17)11-22(19)32/h5-6,9-11,14,18,32H,7-8,12-13,15H2,1-4H3,(H,27,33)/t18-,25-,26+. The van der Waals surface area contributed by atoms with Crippen LogP contribution in [0.15, 0.2) is 36.5 Å². The second kappa shape index (κ2) is 7.68. The Morgan fingerprint density at radius 1 is 1.09 bits per heavy atom. The van der Waals surface area contributed by atoms with E-state index in [1.165, 1.54) is 32.1 Å². The number of phenolic OH excluding ortho intramolecular Hbond substituents is 1. The Kier molecular flexibility index (Phi) is 5.03. The fraction of sp³-hybridized carbons (Fsp3) is 0.462. The Labute approximate surface area is 194 Å². The zero-order valence-electron chi connectivity index (χ0n) is 19.7. The highest BCUT2D eigenvalue weighted by Gasteiger charge is 2.50. The van der Waals surface area contributed by atoms with Crippen LogP contribution in [0.5, 0.6) is 5.75 Å². The summed E-state index contributed by atoms with van der Waals surface area (Å²) in [5.41, 5.74) is 2.37. The molecule has 2 aliphatic carbocycles. The van der Waals surface area contributed by atoms with Crippen LogP contribution in [-0.4, -0.2) is 46.3 Å². The third-order valence-electron chi connectivity index (χ3n) is 7.77. The van der Waals surface area contributed by atoms with Gasteiger partial charge in [0, 0.05) is 37.3 Å². The maximum Gasteiger partial charge on any atom is 0.269 e. The highest BCUT2D eigenvalue weighted by molar-refractivity contribution is 5.97. The highest BCUT2D eigenvalue weighted by atomic mass is 16.3. The number of nitrogens with one attached hydrogen (secondary N) is 1. The number of fused-ring (bicyclic) bond motifs is 3. The fourth-order valence-electron chi connectivity index (χ4n) is 6.13. The van der Waals surface area contributed by atoms with Gasteiger partial charge in [-0.1, -0.05) is 13.8 Å². The Bertz CT molecular complexity index is 1210. The van der Waals surface area contributed by atoms with Crippen LogP contribution in [0.3, 0.4) is 0 Å². The molecule has 2 saturated carbocycles. The Morgan fingerprint density at radius 3 is 2.45 bits per heavy atom. The van der Waals surface area contributed by atoms with Gasteiger partial charge < -0.3 is 15.3 Å². The first-order valence-electron chi connectivity index (χ1n) is 11.6. The molecule has 2 aromatic heterocycles. The summed E-state index contributed by atoms with van der Waals surface area (Å²) >= 11 is 0. The zero-order chi connectivity index (χ0) is 23.4. The van der Waals surface area contributed by atoms with Crippen molar-refractivity contribution >= 4 is 22.5 Å². The van der Waals surface area contributed by atoms with Crippen molar-refractivity contribution in [2.75, 3.05) is 19.0 Å². The lowest BCUT2D eigenvalue weighted by molar-refractivity contribution is 0.0958. The van der Waals surface area contributed by atoms with Crippen LogP contribution in [0.4, 0.5) is 5.82 Å². The van der Waals surface area contributed by atoms with Crippen LogP contribution in [0.1, 0.15) is 56.4 Å². The molecule has 7 nitrogen and oxygen atoms in total. The first-order chi connectivity index (χ1) is 15.7. The summed E-state index contributed by atoms with van der Waals surface area (Å²) in [4.78, 5) is 18.4. The maximum atomic E-state index is 11.8. The molecule has 0 unspecified atom stereocenters. The topological polar surface area (TPSA) is 91.2 Å². The van der Waals surface area contributed by atoms with Crippen molar-refractivity contribution < 1.29 is 9.90 Å². The van der Waals surface area contributed by atoms with Gasteiger partial charge in [-0.25, -0.2) is 0 Å². The normalized spacial score (nSPS) is 26.4. The molecule has 3 atom stereocenters. The summed E-state index contributed by atoms with van der Waals surface area (Å²) in [5, 5.41) is 23.7. The largest absolute Gasteiger partial charge is 0.507 e. The second-order valence-corrected chi connectivity index (χ2v) is 10.6. The van der Waals surface area contributed by atoms with Crippen molar-refractivity contribution in [2.24, 2.45) is 10.8 Å². The molecule has 0 radical (unpaired) electrons. The molecule has 3 aromatic rings. The number of anilines is 1. The van der Waals surface area contributed by atoms with Gasteiger partial charge in [-0.2, -0.15) is 0 Å². The van der Waals surface area contributed by atoms with Crippen molar-refractivity contribution in [3.05, 3.63) is 42.2 Å². The number of aromatic hydroxyl groups is 1. The number of amides is 1. The molecule has 1 aromatic carbocycles. The van der Waals surface area contributed by atoms with E-state index in [9.17, 15) is 9.90 Å². The molecule has 2 heterocycles. The molecular formula is C26H31N5O2. The summed E-state index contributed by atoms with van der Waals surface area (Å²) in [5.74, 6) is 0.686. The third kappa shape index (κ3) is 3.90. The minimum absolute atomic E-state index is 0.0941. The molecule has 2 N–H and O–H groups in total. The van der Waals surface area contributed by atoms with E-state index in [2.05, 4.69) is 46.3 Å². The molecule has 172 valence electrons. The van der Waals surface area contributed by atoms with Crippen LogP contribution < -0.4 is 10.2 Å². The van der Waals surface area contributed by atoms with Crippen molar-refractivity contribution in [3.8, 4) is 17.0 Å². The molecule has 1 amide bonds. The minimum atomic E-state index is -0.264. The predicted octanol–water partition coefficient (Wildman–Crippen LogP) is 4.55. The third-order valence-corrected chi connectivity index (χ3v) is 7.77. The Balaban J connectivity index is 1.40. The summed E-state index contributed by atoms with van der Waals surface area (Å²) in [6.07, 6.45) is 7.99. The van der Waals surface area contributed by atoms with E-state index in [0.29, 0.717) is 33.8 Å². The number of carbonyl (C=O) groups is 1. The zero-order valence-corrected chi connectivity index (χ0v) is 19.7. The number of hydrogen-bond donors (Lipinski definition) is 2. The number of benzene rings is 1. The van der Waals surface area contributed by atoms with Crippen LogP contribution in [0, 0.1) is 10.8 Å². The van der Waals surface area contributed by atoms with Gasteiger partial charge in [0.2, 0.25) is 0 Å². The van der Waals surface area contributed by atoms with Gasteiger partial charge in [0.25, 0.3) is 5.91 Å². The van der Waals surface area contributed by atoms with E-state index in [0.717, 1.165) is 16.6 Å². The van der Waals surface area contributed by atoms with Gasteiger partial charge in [-0.15, -0.1) is 10.2 Å². The molecule has 0 saturated heterocycles. The van der Waals surface area contributed by atoms with E-state index >= 15 is 0 Å². The minimum Gasteiger partial charge on any atom is -0.507 e. The predicted molar refractivity (Wildman–Crippen MR) is 129 cm³/mol. The first kappa shape index (κ1) is 21.6. The number of nitrogens with zero attached hydrogens (tertiary/aromatic N) is 4. The number of carbonyl (C=O) groups excluding carboxylic acids is 1. The van der Waals surface area contributed by atoms with E-state index < -0.39 is 0 Å². The smallest absolute Gasteiger partial charge is 0.269 e. The molecule has 0 spiro atoms. The summed E-state index contributed by atoms with van der Waals surface area (Å²) in [7, 11) is 3.68. The Morgan fingerprint density at radius 2 is 1.82 bits per heavy atom. The summed E-state index contributed by atoms with van der Waals surface area (Å²) in [6, 6.07) is 9.50. The molecular weight excluding hydrogens is 414 g/mol. The second-order valence-electron chi connectivity index (χ2n) is 10.6. The van der Waals surface area contributed by atoms with Crippen LogP contribution in [0.2, 0.25) is 0 Å². The maximum absolute atomic E-state index is 11.8. The number of phenols is 1. The SMILES string of the molecule is CNC(=O)c1cc2cc(O)c(-c3ccc(N(C)[C@H]4C[C@]5(C)CC[C@](C)(C4)C5)nn3)cc2cn1. The molecule has 33 heavy (non-hydrogen) atoms. The molecule has 2 aliphatic rings. The quantitative estimate of drug-likeness (QED) is 0.612. The van der Waals surface area contributed by atoms with E-state index in [1.807, 2.05) is 18.2 Å². The van der Waals surface area contributed by atoms with Crippen molar-refractivity contribution in [3.63, 3.8) is 0 Å². The van der Waals surface area contributed by atoms with Gasteiger partial charge in [0.05, 0.1) is 5.69 Å². The molecule has 7 heteroatoms. The average Bonchev–Trinajstić information content (AvgIpc) is 3.03. The number of pyridine rings is 1. The van der Waals surface area contributed by atoms with Crippen molar-refractivity contribution in [1.82, 2.24) is 20.5 Å². The average molecular weight is 446 g/mol.